The van der Waals surface area contributed by atoms with Crippen LogP contribution in [0.25, 0.3) is 0 Å². The van der Waals surface area contributed by atoms with Crippen molar-refractivity contribution in [3.05, 3.63) is 41.6 Å². The summed E-state index contributed by atoms with van der Waals surface area (Å²) < 4.78 is 18.0. The number of rotatable bonds is 5. The standard InChI is InChI=1S/C14H17FN4O/c1-9-5-4-6-11(17-9)7-10(2)18-14-16-8-12(15)13(19-14)20-3/h4-6,8,10H,7H2,1-3H3,(H,16,18,19). The van der Waals surface area contributed by atoms with Gasteiger partial charge in [-0.15, -0.1) is 0 Å². The largest absolute Gasteiger partial charge is 0.479 e. The highest BCUT2D eigenvalue weighted by atomic mass is 19.1. The maximum atomic E-state index is 13.2. The highest BCUT2D eigenvalue weighted by Crippen LogP contribution is 2.14. The van der Waals surface area contributed by atoms with Crippen LogP contribution in [0.2, 0.25) is 0 Å². The average Bonchev–Trinajstić information content (AvgIpc) is 2.41. The van der Waals surface area contributed by atoms with Gasteiger partial charge in [0, 0.05) is 23.9 Å². The van der Waals surface area contributed by atoms with Gasteiger partial charge >= 0.3 is 0 Å². The fourth-order valence-electron chi connectivity index (χ4n) is 1.86. The number of anilines is 1. The molecular formula is C14H17FN4O. The second kappa shape index (κ2) is 6.27. The molecule has 2 aromatic rings. The Hall–Kier alpha value is -2.24. The molecule has 0 radical (unpaired) electrons. The molecular weight excluding hydrogens is 259 g/mol. The maximum Gasteiger partial charge on any atom is 0.255 e. The fraction of sp³-hybridized carbons (Fsp3) is 0.357. The van der Waals surface area contributed by atoms with E-state index in [2.05, 4.69) is 20.3 Å². The van der Waals surface area contributed by atoms with Crippen molar-refractivity contribution < 1.29 is 9.13 Å². The summed E-state index contributed by atoms with van der Waals surface area (Å²) in [6.07, 6.45) is 1.82. The van der Waals surface area contributed by atoms with Crippen molar-refractivity contribution in [1.82, 2.24) is 15.0 Å². The van der Waals surface area contributed by atoms with E-state index in [9.17, 15) is 4.39 Å². The van der Waals surface area contributed by atoms with Gasteiger partial charge in [-0.3, -0.25) is 4.98 Å². The fourth-order valence-corrected chi connectivity index (χ4v) is 1.86. The second-order valence-corrected chi connectivity index (χ2v) is 4.57. The lowest BCUT2D eigenvalue weighted by molar-refractivity contribution is 0.367. The Balaban J connectivity index is 2.02. The van der Waals surface area contributed by atoms with E-state index in [1.54, 1.807) is 0 Å². The first kappa shape index (κ1) is 14.2. The predicted molar refractivity (Wildman–Crippen MR) is 74.3 cm³/mol. The van der Waals surface area contributed by atoms with E-state index in [4.69, 9.17) is 4.74 Å². The van der Waals surface area contributed by atoms with Gasteiger partial charge in [0.05, 0.1) is 13.3 Å². The smallest absolute Gasteiger partial charge is 0.255 e. The lowest BCUT2D eigenvalue weighted by Gasteiger charge is -2.14. The zero-order chi connectivity index (χ0) is 14.5. The number of nitrogens with zero attached hydrogens (tertiary/aromatic N) is 3. The van der Waals surface area contributed by atoms with E-state index in [1.807, 2.05) is 32.0 Å². The van der Waals surface area contributed by atoms with Crippen LogP contribution in [0.15, 0.2) is 24.4 Å². The quantitative estimate of drug-likeness (QED) is 0.908. The SMILES string of the molecule is COc1nc(NC(C)Cc2cccc(C)n2)ncc1F. The minimum absolute atomic E-state index is 0.0663. The van der Waals surface area contributed by atoms with Crippen LogP contribution in [-0.2, 0) is 6.42 Å². The lowest BCUT2D eigenvalue weighted by Crippen LogP contribution is -2.20. The van der Waals surface area contributed by atoms with Gasteiger partial charge in [-0.2, -0.15) is 9.37 Å². The summed E-state index contributed by atoms with van der Waals surface area (Å²) in [7, 11) is 1.37. The molecule has 2 heterocycles. The average molecular weight is 276 g/mol. The van der Waals surface area contributed by atoms with Crippen molar-refractivity contribution >= 4 is 5.95 Å². The zero-order valence-electron chi connectivity index (χ0n) is 11.7. The Morgan fingerprint density at radius 2 is 2.15 bits per heavy atom. The minimum atomic E-state index is -0.578. The summed E-state index contributed by atoms with van der Waals surface area (Å²) in [4.78, 5) is 12.3. The highest BCUT2D eigenvalue weighted by Gasteiger charge is 2.10. The molecule has 0 aromatic carbocycles. The molecule has 0 aliphatic carbocycles. The minimum Gasteiger partial charge on any atom is -0.479 e. The first-order valence-electron chi connectivity index (χ1n) is 6.34. The van der Waals surface area contributed by atoms with Crippen LogP contribution >= 0.6 is 0 Å². The van der Waals surface area contributed by atoms with Crippen LogP contribution in [0, 0.1) is 12.7 Å². The molecule has 0 amide bonds. The number of hydrogen-bond acceptors (Lipinski definition) is 5. The molecule has 6 heteroatoms. The van der Waals surface area contributed by atoms with Crippen molar-refractivity contribution in [3.63, 3.8) is 0 Å². The van der Waals surface area contributed by atoms with Gasteiger partial charge in [-0.25, -0.2) is 4.98 Å². The molecule has 0 aliphatic heterocycles. The van der Waals surface area contributed by atoms with E-state index in [0.29, 0.717) is 5.95 Å². The number of aryl methyl sites for hydroxylation is 1. The second-order valence-electron chi connectivity index (χ2n) is 4.57. The summed E-state index contributed by atoms with van der Waals surface area (Å²) >= 11 is 0. The van der Waals surface area contributed by atoms with E-state index >= 15 is 0 Å². The third kappa shape index (κ3) is 3.63. The molecule has 2 aromatic heterocycles. The Morgan fingerprint density at radius 1 is 1.35 bits per heavy atom. The van der Waals surface area contributed by atoms with Crippen molar-refractivity contribution in [1.29, 1.82) is 0 Å². The van der Waals surface area contributed by atoms with E-state index in [-0.39, 0.29) is 11.9 Å². The van der Waals surface area contributed by atoms with Crippen molar-refractivity contribution in [2.24, 2.45) is 0 Å². The molecule has 0 fully saturated rings. The predicted octanol–water partition coefficient (Wildman–Crippen LogP) is 2.37. The van der Waals surface area contributed by atoms with Gasteiger partial charge in [0.2, 0.25) is 11.8 Å². The van der Waals surface area contributed by atoms with E-state index in [1.165, 1.54) is 7.11 Å². The van der Waals surface area contributed by atoms with Gasteiger partial charge in [-0.1, -0.05) is 6.07 Å². The van der Waals surface area contributed by atoms with Crippen molar-refractivity contribution in [3.8, 4) is 5.88 Å². The molecule has 1 unspecified atom stereocenters. The number of methoxy groups -OCH3 is 1. The number of pyridine rings is 1. The molecule has 1 atom stereocenters. The van der Waals surface area contributed by atoms with Gasteiger partial charge in [0.25, 0.3) is 5.88 Å². The molecule has 20 heavy (non-hydrogen) atoms. The zero-order valence-corrected chi connectivity index (χ0v) is 11.7. The van der Waals surface area contributed by atoms with Crippen LogP contribution in [0.4, 0.5) is 10.3 Å². The normalized spacial score (nSPS) is 12.0. The molecule has 0 saturated heterocycles. The Labute approximate surface area is 117 Å². The van der Waals surface area contributed by atoms with Crippen LogP contribution in [-0.4, -0.2) is 28.1 Å². The molecule has 5 nitrogen and oxygen atoms in total. The van der Waals surface area contributed by atoms with E-state index < -0.39 is 5.82 Å². The number of aromatic nitrogens is 3. The Kier molecular flexibility index (Phi) is 4.45. The summed E-state index contributed by atoms with van der Waals surface area (Å²) in [5, 5.41) is 3.10. The summed E-state index contributed by atoms with van der Waals surface area (Å²) in [6.45, 7) is 3.94. The Bertz CT molecular complexity index is 591. The molecule has 0 bridgehead atoms. The number of nitrogens with one attached hydrogen (secondary N) is 1. The number of ether oxygens (including phenoxy) is 1. The molecule has 106 valence electrons. The highest BCUT2D eigenvalue weighted by molar-refractivity contribution is 5.30. The van der Waals surface area contributed by atoms with Crippen molar-refractivity contribution in [2.45, 2.75) is 26.3 Å². The molecule has 0 aliphatic rings. The number of hydrogen-bond donors (Lipinski definition) is 1. The maximum absolute atomic E-state index is 13.2. The summed E-state index contributed by atoms with van der Waals surface area (Å²) in [5.41, 5.74) is 1.97. The number of halogens is 1. The first-order chi connectivity index (χ1) is 9.58. The molecule has 0 spiro atoms. The van der Waals surface area contributed by atoms with Gasteiger partial charge in [-0.05, 0) is 26.0 Å². The van der Waals surface area contributed by atoms with Crippen molar-refractivity contribution in [2.75, 3.05) is 12.4 Å². The lowest BCUT2D eigenvalue weighted by atomic mass is 10.1. The van der Waals surface area contributed by atoms with Crippen LogP contribution in [0.5, 0.6) is 5.88 Å². The summed E-state index contributed by atoms with van der Waals surface area (Å²) in [5.74, 6) is -0.308. The molecule has 0 saturated carbocycles. The van der Waals surface area contributed by atoms with Crippen LogP contribution in [0.3, 0.4) is 0 Å². The summed E-state index contributed by atoms with van der Waals surface area (Å²) in [6, 6.07) is 5.97. The molecule has 1 N–H and O–H groups in total. The third-order valence-electron chi connectivity index (χ3n) is 2.74. The topological polar surface area (TPSA) is 59.9 Å². The first-order valence-corrected chi connectivity index (χ1v) is 6.34. The molecule has 2 rings (SSSR count). The van der Waals surface area contributed by atoms with Gasteiger partial charge in [0.15, 0.2) is 0 Å². The van der Waals surface area contributed by atoms with Crippen LogP contribution < -0.4 is 10.1 Å². The van der Waals surface area contributed by atoms with Gasteiger partial charge in [0.1, 0.15) is 0 Å². The third-order valence-corrected chi connectivity index (χ3v) is 2.74. The van der Waals surface area contributed by atoms with Crippen LogP contribution in [0.1, 0.15) is 18.3 Å². The van der Waals surface area contributed by atoms with E-state index in [0.717, 1.165) is 24.0 Å². The Morgan fingerprint density at radius 3 is 2.85 bits per heavy atom. The monoisotopic (exact) mass is 276 g/mol. The van der Waals surface area contributed by atoms with Gasteiger partial charge < -0.3 is 10.1 Å².